The Bertz CT molecular complexity index is 325. The second-order valence-electron chi connectivity index (χ2n) is 3.37. The number of hydrogen-bond acceptors (Lipinski definition) is 4. The first-order valence-corrected chi connectivity index (χ1v) is 6.24. The second-order valence-corrected chi connectivity index (χ2v) is 4.75. The highest BCUT2D eigenvalue weighted by atomic mass is 32.2. The molecule has 0 heterocycles. The smallest absolute Gasteiger partial charge is 0.219 e. The zero-order chi connectivity index (χ0) is 12.0. The first kappa shape index (κ1) is 13.4. The van der Waals surface area contributed by atoms with E-state index in [9.17, 15) is 0 Å². The molecule has 0 aromatic heterocycles. The second kappa shape index (κ2) is 6.13. The van der Waals surface area contributed by atoms with E-state index in [0.29, 0.717) is 13.2 Å². The predicted octanol–water partition coefficient (Wildman–Crippen LogP) is 3.11. The molecule has 1 rings (SSSR count). The standard InChI is InChI=1S/C12H19NO2S/c1-4-14-12(3,15-5-2)16-11-9-7-6-8-10(11)13/h6-9H,4-5,13H2,1-3H3. The molecule has 1 aromatic rings. The average Bonchev–Trinajstić information content (AvgIpc) is 2.22. The van der Waals surface area contributed by atoms with Crippen LogP contribution in [0.4, 0.5) is 5.69 Å². The van der Waals surface area contributed by atoms with E-state index in [2.05, 4.69) is 0 Å². The van der Waals surface area contributed by atoms with Crippen LogP contribution in [0.25, 0.3) is 0 Å². The van der Waals surface area contributed by atoms with Crippen LogP contribution in [-0.2, 0) is 9.47 Å². The molecule has 3 nitrogen and oxygen atoms in total. The summed E-state index contributed by atoms with van der Waals surface area (Å²) < 4.78 is 11.2. The van der Waals surface area contributed by atoms with Gasteiger partial charge in [0.05, 0.1) is 0 Å². The van der Waals surface area contributed by atoms with Crippen molar-refractivity contribution in [2.45, 2.75) is 30.8 Å². The molecule has 0 unspecified atom stereocenters. The van der Waals surface area contributed by atoms with Gasteiger partial charge < -0.3 is 15.2 Å². The lowest BCUT2D eigenvalue weighted by Gasteiger charge is -2.28. The largest absolute Gasteiger partial charge is 0.398 e. The Kier molecular flexibility index (Phi) is 5.12. The van der Waals surface area contributed by atoms with E-state index < -0.39 is 5.12 Å². The van der Waals surface area contributed by atoms with Gasteiger partial charge in [-0.25, -0.2) is 0 Å². The molecular weight excluding hydrogens is 222 g/mol. The zero-order valence-corrected chi connectivity index (χ0v) is 10.8. The van der Waals surface area contributed by atoms with Gasteiger partial charge in [-0.3, -0.25) is 0 Å². The van der Waals surface area contributed by atoms with Crippen molar-refractivity contribution >= 4 is 17.4 Å². The molecule has 0 saturated heterocycles. The first-order chi connectivity index (χ1) is 7.61. The van der Waals surface area contributed by atoms with Crippen LogP contribution in [0.2, 0.25) is 0 Å². The van der Waals surface area contributed by atoms with Crippen LogP contribution in [-0.4, -0.2) is 18.3 Å². The highest BCUT2D eigenvalue weighted by Gasteiger charge is 2.27. The molecular formula is C12H19NO2S. The molecule has 4 heteroatoms. The van der Waals surface area contributed by atoms with Crippen LogP contribution < -0.4 is 5.73 Å². The van der Waals surface area contributed by atoms with Gasteiger partial charge >= 0.3 is 0 Å². The zero-order valence-electron chi connectivity index (χ0n) is 10.0. The molecule has 0 fully saturated rings. The fraction of sp³-hybridized carbons (Fsp3) is 0.500. The summed E-state index contributed by atoms with van der Waals surface area (Å²) in [5, 5.41) is -0.668. The molecule has 0 aliphatic heterocycles. The monoisotopic (exact) mass is 241 g/mol. The lowest BCUT2D eigenvalue weighted by molar-refractivity contribution is -0.152. The lowest BCUT2D eigenvalue weighted by atomic mass is 10.3. The van der Waals surface area contributed by atoms with Crippen LogP contribution in [0.15, 0.2) is 29.2 Å². The Morgan fingerprint density at radius 2 is 1.75 bits per heavy atom. The summed E-state index contributed by atoms with van der Waals surface area (Å²) in [6, 6.07) is 7.71. The number of benzene rings is 1. The number of nitrogens with two attached hydrogens (primary N) is 1. The van der Waals surface area contributed by atoms with Crippen molar-refractivity contribution in [1.82, 2.24) is 0 Å². The van der Waals surface area contributed by atoms with Crippen molar-refractivity contribution < 1.29 is 9.47 Å². The summed E-state index contributed by atoms with van der Waals surface area (Å²) in [5.41, 5.74) is 6.64. The van der Waals surface area contributed by atoms with E-state index in [1.165, 1.54) is 11.8 Å². The van der Waals surface area contributed by atoms with Gasteiger partial charge in [0.2, 0.25) is 5.12 Å². The third-order valence-corrected chi connectivity index (χ3v) is 3.23. The van der Waals surface area contributed by atoms with E-state index >= 15 is 0 Å². The van der Waals surface area contributed by atoms with Gasteiger partial charge in [-0.05, 0) is 26.0 Å². The molecule has 0 atom stereocenters. The third-order valence-electron chi connectivity index (χ3n) is 2.03. The molecule has 16 heavy (non-hydrogen) atoms. The highest BCUT2D eigenvalue weighted by molar-refractivity contribution is 8.00. The SMILES string of the molecule is CCOC(C)(OCC)Sc1ccccc1N. The van der Waals surface area contributed by atoms with Crippen molar-refractivity contribution in [2.75, 3.05) is 18.9 Å². The highest BCUT2D eigenvalue weighted by Crippen LogP contribution is 2.37. The molecule has 0 aliphatic carbocycles. The maximum absolute atomic E-state index is 5.89. The minimum Gasteiger partial charge on any atom is -0.398 e. The Hall–Kier alpha value is -0.710. The fourth-order valence-electron chi connectivity index (χ4n) is 1.40. The molecule has 0 amide bonds. The molecule has 0 radical (unpaired) electrons. The van der Waals surface area contributed by atoms with Crippen LogP contribution in [0.1, 0.15) is 20.8 Å². The number of nitrogen functional groups attached to an aromatic ring is 1. The molecule has 0 aliphatic rings. The van der Waals surface area contributed by atoms with Crippen LogP contribution >= 0.6 is 11.8 Å². The van der Waals surface area contributed by atoms with Crippen LogP contribution in [0.5, 0.6) is 0 Å². The number of rotatable bonds is 6. The molecule has 1 aromatic carbocycles. The van der Waals surface area contributed by atoms with Crippen molar-refractivity contribution in [1.29, 1.82) is 0 Å². The normalized spacial score (nSPS) is 11.7. The molecule has 0 bridgehead atoms. The predicted molar refractivity (Wildman–Crippen MR) is 68.4 cm³/mol. The van der Waals surface area contributed by atoms with Crippen molar-refractivity contribution in [3.05, 3.63) is 24.3 Å². The summed E-state index contributed by atoms with van der Waals surface area (Å²) in [7, 11) is 0. The van der Waals surface area contributed by atoms with Gasteiger partial charge in [0.1, 0.15) is 0 Å². The number of thioether (sulfide) groups is 1. The Balaban J connectivity index is 2.79. The summed E-state index contributed by atoms with van der Waals surface area (Å²) in [4.78, 5) is 0.979. The fourth-order valence-corrected chi connectivity index (χ4v) is 2.48. The van der Waals surface area contributed by atoms with E-state index in [4.69, 9.17) is 15.2 Å². The third kappa shape index (κ3) is 3.70. The van der Waals surface area contributed by atoms with Gasteiger partial charge in [0.15, 0.2) is 0 Å². The van der Waals surface area contributed by atoms with E-state index in [0.717, 1.165) is 10.6 Å². The first-order valence-electron chi connectivity index (χ1n) is 5.42. The van der Waals surface area contributed by atoms with Gasteiger partial charge in [-0.1, -0.05) is 23.9 Å². The summed E-state index contributed by atoms with van der Waals surface area (Å²) in [5.74, 6) is 0. The maximum Gasteiger partial charge on any atom is 0.219 e. The Morgan fingerprint density at radius 1 is 1.19 bits per heavy atom. The van der Waals surface area contributed by atoms with E-state index in [1.54, 1.807) is 0 Å². The van der Waals surface area contributed by atoms with E-state index in [-0.39, 0.29) is 0 Å². The minimum atomic E-state index is -0.668. The Morgan fingerprint density at radius 3 is 2.25 bits per heavy atom. The Labute approximate surface area is 101 Å². The summed E-state index contributed by atoms with van der Waals surface area (Å²) in [6.45, 7) is 7.03. The summed E-state index contributed by atoms with van der Waals surface area (Å²) in [6.07, 6.45) is 0. The van der Waals surface area contributed by atoms with Gasteiger partial charge in [0, 0.05) is 30.7 Å². The van der Waals surface area contributed by atoms with Crippen molar-refractivity contribution in [2.24, 2.45) is 0 Å². The minimum absolute atomic E-state index is 0.607. The maximum atomic E-state index is 5.89. The number of anilines is 1. The number of hydrogen-bond donors (Lipinski definition) is 1. The summed E-state index contributed by atoms with van der Waals surface area (Å²) >= 11 is 1.50. The van der Waals surface area contributed by atoms with Crippen LogP contribution in [0.3, 0.4) is 0 Å². The average molecular weight is 241 g/mol. The number of para-hydroxylation sites is 1. The topological polar surface area (TPSA) is 44.5 Å². The molecule has 2 N–H and O–H groups in total. The molecule has 0 saturated carbocycles. The quantitative estimate of drug-likeness (QED) is 0.472. The lowest BCUT2D eigenvalue weighted by Crippen LogP contribution is -2.28. The molecule has 90 valence electrons. The van der Waals surface area contributed by atoms with Crippen molar-refractivity contribution in [3.63, 3.8) is 0 Å². The molecule has 0 spiro atoms. The number of ether oxygens (including phenoxy) is 2. The van der Waals surface area contributed by atoms with E-state index in [1.807, 2.05) is 45.0 Å². The van der Waals surface area contributed by atoms with Gasteiger partial charge in [-0.2, -0.15) is 0 Å². The van der Waals surface area contributed by atoms with Gasteiger partial charge in [0.25, 0.3) is 0 Å². The van der Waals surface area contributed by atoms with Gasteiger partial charge in [-0.15, -0.1) is 0 Å². The van der Waals surface area contributed by atoms with Crippen molar-refractivity contribution in [3.8, 4) is 0 Å². The van der Waals surface area contributed by atoms with Crippen LogP contribution in [0, 0.1) is 0 Å².